The number of ether oxygens (including phenoxy) is 1. The Bertz CT molecular complexity index is 701. The Balaban J connectivity index is 1.86. The van der Waals surface area contributed by atoms with E-state index >= 15 is 0 Å². The number of aromatic nitrogens is 4. The molecule has 0 saturated carbocycles. The molecule has 0 unspecified atom stereocenters. The quantitative estimate of drug-likeness (QED) is 0.716. The monoisotopic (exact) mass is 395 g/mol. The molecule has 1 amide bonds. The summed E-state index contributed by atoms with van der Waals surface area (Å²) in [4.78, 5) is 24.1. The lowest BCUT2D eigenvalue weighted by Gasteiger charge is -2.13. The third-order valence-corrected chi connectivity index (χ3v) is 3.72. The van der Waals surface area contributed by atoms with E-state index in [2.05, 4.69) is 36.8 Å². The van der Waals surface area contributed by atoms with Gasteiger partial charge in [-0.15, -0.1) is 5.10 Å². The van der Waals surface area contributed by atoms with Gasteiger partial charge in [0.25, 0.3) is 5.91 Å². The van der Waals surface area contributed by atoms with Gasteiger partial charge in [-0.3, -0.25) is 4.79 Å². The molecule has 9 heteroatoms. The fourth-order valence-electron chi connectivity index (χ4n) is 1.91. The van der Waals surface area contributed by atoms with Crippen molar-refractivity contribution in [3.8, 4) is 0 Å². The summed E-state index contributed by atoms with van der Waals surface area (Å²) in [6, 6.07) is 6.06. The number of aryl methyl sites for hydroxylation is 1. The maximum Gasteiger partial charge on any atom is 0.328 e. The summed E-state index contributed by atoms with van der Waals surface area (Å²) in [6.45, 7) is 4.17. The van der Waals surface area contributed by atoms with Crippen molar-refractivity contribution in [2.75, 3.05) is 0 Å². The van der Waals surface area contributed by atoms with Gasteiger partial charge >= 0.3 is 5.97 Å². The minimum absolute atomic E-state index is 0.0374. The molecule has 1 heterocycles. The zero-order valence-electron chi connectivity index (χ0n) is 13.4. The van der Waals surface area contributed by atoms with Crippen molar-refractivity contribution >= 4 is 27.8 Å². The Morgan fingerprint density at radius 1 is 1.33 bits per heavy atom. The van der Waals surface area contributed by atoms with Crippen molar-refractivity contribution in [2.24, 2.45) is 0 Å². The second-order valence-electron chi connectivity index (χ2n) is 5.13. The third kappa shape index (κ3) is 4.85. The molecule has 1 aromatic heterocycles. The summed E-state index contributed by atoms with van der Waals surface area (Å²) in [5.74, 6) is -0.425. The highest BCUT2D eigenvalue weighted by atomic mass is 79.9. The number of nitrogens with one attached hydrogen (secondary N) is 1. The van der Waals surface area contributed by atoms with Crippen LogP contribution in [-0.4, -0.2) is 38.1 Å². The van der Waals surface area contributed by atoms with Gasteiger partial charge in [-0.05, 0) is 48.0 Å². The minimum Gasteiger partial charge on any atom is -0.456 e. The summed E-state index contributed by atoms with van der Waals surface area (Å²) >= 11 is 3.30. The summed E-state index contributed by atoms with van der Waals surface area (Å²) in [5.41, 5.74) is 0.463. The molecule has 2 aromatic rings. The van der Waals surface area contributed by atoms with Crippen LogP contribution in [0.15, 0.2) is 28.7 Å². The van der Waals surface area contributed by atoms with Gasteiger partial charge in [-0.1, -0.05) is 22.9 Å². The number of rotatable bonds is 7. The summed E-state index contributed by atoms with van der Waals surface area (Å²) in [5, 5.41) is 13.8. The van der Waals surface area contributed by atoms with Gasteiger partial charge in [0.1, 0.15) is 6.04 Å². The Labute approximate surface area is 147 Å². The summed E-state index contributed by atoms with van der Waals surface area (Å²) < 4.78 is 7.62. The maximum atomic E-state index is 12.1. The number of halogens is 1. The number of hydrogen-bond donors (Lipinski definition) is 1. The average molecular weight is 396 g/mol. The molecular weight excluding hydrogens is 378 g/mol. The van der Waals surface area contributed by atoms with Crippen molar-refractivity contribution in [1.29, 1.82) is 0 Å². The largest absolute Gasteiger partial charge is 0.456 e. The van der Waals surface area contributed by atoms with Crippen LogP contribution in [0, 0.1) is 0 Å². The molecule has 0 bridgehead atoms. The van der Waals surface area contributed by atoms with Crippen LogP contribution >= 0.6 is 15.9 Å². The molecule has 128 valence electrons. The summed E-state index contributed by atoms with van der Waals surface area (Å²) in [7, 11) is 0. The maximum absolute atomic E-state index is 12.1. The third-order valence-electron chi connectivity index (χ3n) is 3.19. The molecule has 0 aliphatic heterocycles. The van der Waals surface area contributed by atoms with E-state index in [0.717, 1.165) is 10.9 Å². The van der Waals surface area contributed by atoms with Gasteiger partial charge in [-0.2, -0.15) is 0 Å². The lowest BCUT2D eigenvalue weighted by molar-refractivity contribution is -0.147. The van der Waals surface area contributed by atoms with E-state index in [1.54, 1.807) is 35.9 Å². The van der Waals surface area contributed by atoms with Crippen LogP contribution < -0.4 is 5.32 Å². The average Bonchev–Trinajstić information content (AvgIpc) is 3.00. The van der Waals surface area contributed by atoms with Crippen LogP contribution in [-0.2, 0) is 22.7 Å². The molecule has 0 aliphatic carbocycles. The second-order valence-corrected chi connectivity index (χ2v) is 6.04. The second kappa shape index (κ2) is 8.53. The molecule has 1 atom stereocenters. The number of carbonyl (C=O) groups is 2. The molecule has 0 fully saturated rings. The van der Waals surface area contributed by atoms with Crippen molar-refractivity contribution in [1.82, 2.24) is 25.5 Å². The van der Waals surface area contributed by atoms with Crippen LogP contribution in [0.5, 0.6) is 0 Å². The number of amides is 1. The van der Waals surface area contributed by atoms with Gasteiger partial charge < -0.3 is 10.1 Å². The fraction of sp³-hybridized carbons (Fsp3) is 0.400. The molecule has 2 rings (SSSR count). The van der Waals surface area contributed by atoms with E-state index in [9.17, 15) is 9.59 Å². The van der Waals surface area contributed by atoms with Crippen molar-refractivity contribution in [3.05, 3.63) is 40.1 Å². The zero-order valence-corrected chi connectivity index (χ0v) is 15.0. The first-order chi connectivity index (χ1) is 11.5. The molecule has 0 aliphatic rings. The van der Waals surface area contributed by atoms with E-state index in [1.807, 2.05) is 6.92 Å². The van der Waals surface area contributed by atoms with E-state index < -0.39 is 12.0 Å². The van der Waals surface area contributed by atoms with E-state index in [4.69, 9.17) is 4.74 Å². The smallest absolute Gasteiger partial charge is 0.328 e. The van der Waals surface area contributed by atoms with E-state index in [-0.39, 0.29) is 12.5 Å². The van der Waals surface area contributed by atoms with Crippen molar-refractivity contribution < 1.29 is 14.3 Å². The van der Waals surface area contributed by atoms with Crippen molar-refractivity contribution in [2.45, 2.75) is 39.5 Å². The Morgan fingerprint density at radius 3 is 2.71 bits per heavy atom. The number of carbonyl (C=O) groups excluding carboxylic acids is 2. The molecular formula is C15H18BrN5O3. The van der Waals surface area contributed by atoms with Crippen LogP contribution in [0.1, 0.15) is 36.5 Å². The SMILES string of the molecule is CCCn1nnnc1COC(=O)[C@H](C)NC(=O)c1ccc(Br)cc1. The van der Waals surface area contributed by atoms with Crippen LogP contribution in [0.2, 0.25) is 0 Å². The number of hydrogen-bond acceptors (Lipinski definition) is 6. The van der Waals surface area contributed by atoms with Gasteiger partial charge in [0.05, 0.1) is 0 Å². The molecule has 1 N–H and O–H groups in total. The predicted molar refractivity (Wildman–Crippen MR) is 89.0 cm³/mol. The summed E-state index contributed by atoms with van der Waals surface area (Å²) in [6.07, 6.45) is 0.867. The number of nitrogens with zero attached hydrogens (tertiary/aromatic N) is 4. The number of tetrazole rings is 1. The van der Waals surface area contributed by atoms with Gasteiger partial charge in [-0.25, -0.2) is 9.48 Å². The highest BCUT2D eigenvalue weighted by Crippen LogP contribution is 2.10. The first-order valence-corrected chi connectivity index (χ1v) is 8.28. The first kappa shape index (κ1) is 18.1. The highest BCUT2D eigenvalue weighted by molar-refractivity contribution is 9.10. The molecule has 1 aromatic carbocycles. The normalized spacial score (nSPS) is 11.8. The molecule has 0 radical (unpaired) electrons. The zero-order chi connectivity index (χ0) is 17.5. The predicted octanol–water partition coefficient (Wildman–Crippen LogP) is 1.71. The number of benzene rings is 1. The molecule has 0 spiro atoms. The Hall–Kier alpha value is -2.29. The lowest BCUT2D eigenvalue weighted by Crippen LogP contribution is -2.39. The molecule has 24 heavy (non-hydrogen) atoms. The fourth-order valence-corrected chi connectivity index (χ4v) is 2.18. The van der Waals surface area contributed by atoms with Crippen molar-refractivity contribution in [3.63, 3.8) is 0 Å². The van der Waals surface area contributed by atoms with Gasteiger partial charge in [0.15, 0.2) is 12.4 Å². The molecule has 8 nitrogen and oxygen atoms in total. The van der Waals surface area contributed by atoms with Gasteiger partial charge in [0, 0.05) is 16.6 Å². The van der Waals surface area contributed by atoms with Crippen LogP contribution in [0.4, 0.5) is 0 Å². The van der Waals surface area contributed by atoms with Gasteiger partial charge in [0.2, 0.25) is 0 Å². The minimum atomic E-state index is -0.781. The van der Waals surface area contributed by atoms with Crippen LogP contribution in [0.3, 0.4) is 0 Å². The van der Waals surface area contributed by atoms with Crippen LogP contribution in [0.25, 0.3) is 0 Å². The Morgan fingerprint density at radius 2 is 2.04 bits per heavy atom. The first-order valence-electron chi connectivity index (χ1n) is 7.49. The molecule has 0 saturated heterocycles. The van der Waals surface area contributed by atoms with E-state index in [0.29, 0.717) is 17.9 Å². The van der Waals surface area contributed by atoms with E-state index in [1.165, 1.54) is 0 Å². The topological polar surface area (TPSA) is 99.0 Å². The lowest BCUT2D eigenvalue weighted by atomic mass is 10.2. The number of esters is 1. The Kier molecular flexibility index (Phi) is 6.42. The standard InChI is InChI=1S/C15H18BrN5O3/c1-3-8-21-13(18-19-20-21)9-24-15(23)10(2)17-14(22)11-4-6-12(16)7-5-11/h4-7,10H,3,8-9H2,1-2H3,(H,17,22)/t10-/m0/s1. The highest BCUT2D eigenvalue weighted by Gasteiger charge is 2.19.